The Morgan fingerprint density at radius 2 is 2.22 bits per heavy atom. The number of aliphatic imine (C=N–C) groups is 1. The number of nitrogens with one attached hydrogen (secondary N) is 2. The first-order valence-corrected chi connectivity index (χ1v) is 10.7. The summed E-state index contributed by atoms with van der Waals surface area (Å²) in [6.45, 7) is 7.29. The number of rotatable bonds is 5. The quantitative estimate of drug-likeness (QED) is 0.615. The SMILES string of the molecule is CCOC1CC(NC(=NC)NC2CCc3cn(C(C)C)nc3C2)C12CCC2. The van der Waals surface area contributed by atoms with Gasteiger partial charge in [0.2, 0.25) is 0 Å². The Kier molecular flexibility index (Phi) is 5.19. The lowest BCUT2D eigenvalue weighted by Crippen LogP contribution is -2.69. The van der Waals surface area contributed by atoms with Crippen molar-refractivity contribution in [2.75, 3.05) is 13.7 Å². The van der Waals surface area contributed by atoms with Crippen molar-refractivity contribution in [3.8, 4) is 0 Å². The van der Waals surface area contributed by atoms with E-state index in [0.717, 1.165) is 38.2 Å². The van der Waals surface area contributed by atoms with Gasteiger partial charge in [0.05, 0.1) is 11.8 Å². The van der Waals surface area contributed by atoms with E-state index in [-0.39, 0.29) is 0 Å². The fourth-order valence-electron chi connectivity index (χ4n) is 5.07. The van der Waals surface area contributed by atoms with Crippen LogP contribution in [0.4, 0.5) is 0 Å². The van der Waals surface area contributed by atoms with Crippen LogP contribution in [0.5, 0.6) is 0 Å². The van der Waals surface area contributed by atoms with Crippen molar-refractivity contribution in [2.45, 2.75) is 89.9 Å². The second kappa shape index (κ2) is 7.46. The van der Waals surface area contributed by atoms with E-state index in [0.29, 0.717) is 29.6 Å². The molecular formula is C21H35N5O. The summed E-state index contributed by atoms with van der Waals surface area (Å²) < 4.78 is 8.08. The molecule has 3 aliphatic carbocycles. The first-order valence-electron chi connectivity index (χ1n) is 10.7. The molecule has 27 heavy (non-hydrogen) atoms. The van der Waals surface area contributed by atoms with Crippen molar-refractivity contribution in [3.05, 3.63) is 17.5 Å². The van der Waals surface area contributed by atoms with E-state index in [1.807, 2.05) is 7.05 Å². The zero-order chi connectivity index (χ0) is 19.0. The smallest absolute Gasteiger partial charge is 0.191 e. The minimum absolute atomic E-state index is 0.351. The van der Waals surface area contributed by atoms with Gasteiger partial charge < -0.3 is 15.4 Å². The van der Waals surface area contributed by atoms with Crippen LogP contribution in [-0.2, 0) is 17.6 Å². The highest BCUT2D eigenvalue weighted by molar-refractivity contribution is 5.80. The van der Waals surface area contributed by atoms with Gasteiger partial charge in [0.25, 0.3) is 0 Å². The number of aromatic nitrogens is 2. The number of fused-ring (bicyclic) bond motifs is 1. The maximum atomic E-state index is 5.98. The molecule has 3 atom stereocenters. The van der Waals surface area contributed by atoms with E-state index >= 15 is 0 Å². The zero-order valence-corrected chi connectivity index (χ0v) is 17.3. The lowest BCUT2D eigenvalue weighted by atomic mass is 9.51. The first kappa shape index (κ1) is 18.8. The fraction of sp³-hybridized carbons (Fsp3) is 0.810. The van der Waals surface area contributed by atoms with E-state index in [1.54, 1.807) is 0 Å². The fourth-order valence-corrected chi connectivity index (χ4v) is 5.07. The van der Waals surface area contributed by atoms with Crippen LogP contribution in [0.3, 0.4) is 0 Å². The Morgan fingerprint density at radius 1 is 1.41 bits per heavy atom. The largest absolute Gasteiger partial charge is 0.378 e. The summed E-state index contributed by atoms with van der Waals surface area (Å²) in [7, 11) is 1.88. The highest BCUT2D eigenvalue weighted by atomic mass is 16.5. The molecule has 1 spiro atoms. The molecule has 2 saturated carbocycles. The topological polar surface area (TPSA) is 63.5 Å². The summed E-state index contributed by atoms with van der Waals surface area (Å²) in [4.78, 5) is 4.52. The molecule has 6 heteroatoms. The molecule has 1 aromatic rings. The van der Waals surface area contributed by atoms with Crippen molar-refractivity contribution < 1.29 is 4.74 Å². The van der Waals surface area contributed by atoms with Gasteiger partial charge in [0.1, 0.15) is 0 Å². The number of nitrogens with zero attached hydrogens (tertiary/aromatic N) is 3. The molecule has 1 aromatic heterocycles. The molecule has 1 heterocycles. The predicted octanol–water partition coefficient (Wildman–Crippen LogP) is 2.83. The summed E-state index contributed by atoms with van der Waals surface area (Å²) in [5.74, 6) is 0.943. The van der Waals surface area contributed by atoms with Gasteiger partial charge in [0.15, 0.2) is 5.96 Å². The molecule has 0 amide bonds. The van der Waals surface area contributed by atoms with E-state index in [1.165, 1.54) is 30.5 Å². The molecule has 0 saturated heterocycles. The van der Waals surface area contributed by atoms with Gasteiger partial charge in [-0.1, -0.05) is 6.42 Å². The Labute approximate surface area is 163 Å². The molecule has 4 rings (SSSR count). The molecule has 0 aliphatic heterocycles. The lowest BCUT2D eigenvalue weighted by Gasteiger charge is -2.61. The summed E-state index contributed by atoms with van der Waals surface area (Å²) in [5, 5.41) is 12.2. The third-order valence-corrected chi connectivity index (χ3v) is 6.94. The molecular weight excluding hydrogens is 338 g/mol. The van der Waals surface area contributed by atoms with Crippen molar-refractivity contribution in [1.82, 2.24) is 20.4 Å². The summed E-state index contributed by atoms with van der Waals surface area (Å²) >= 11 is 0. The van der Waals surface area contributed by atoms with Gasteiger partial charge in [-0.2, -0.15) is 5.10 Å². The number of hydrogen-bond donors (Lipinski definition) is 2. The van der Waals surface area contributed by atoms with Crippen molar-refractivity contribution in [1.29, 1.82) is 0 Å². The monoisotopic (exact) mass is 373 g/mol. The van der Waals surface area contributed by atoms with Crippen LogP contribution < -0.4 is 10.6 Å². The van der Waals surface area contributed by atoms with Gasteiger partial charge in [-0.05, 0) is 58.4 Å². The average molecular weight is 374 g/mol. The Hall–Kier alpha value is -1.56. The summed E-state index contributed by atoms with van der Waals surface area (Å²) in [6.07, 6.45) is 10.9. The Balaban J connectivity index is 1.35. The molecule has 2 N–H and O–H groups in total. The average Bonchev–Trinajstić information content (AvgIpc) is 3.02. The molecule has 2 fully saturated rings. The highest BCUT2D eigenvalue weighted by Gasteiger charge is 2.59. The number of ether oxygens (including phenoxy) is 1. The van der Waals surface area contributed by atoms with E-state index in [4.69, 9.17) is 9.84 Å². The molecule has 0 aromatic carbocycles. The van der Waals surface area contributed by atoms with Gasteiger partial charge >= 0.3 is 0 Å². The number of guanidine groups is 1. The lowest BCUT2D eigenvalue weighted by molar-refractivity contribution is -0.168. The van der Waals surface area contributed by atoms with Gasteiger partial charge in [-0.25, -0.2) is 0 Å². The van der Waals surface area contributed by atoms with Crippen molar-refractivity contribution in [3.63, 3.8) is 0 Å². The predicted molar refractivity (Wildman–Crippen MR) is 108 cm³/mol. The summed E-state index contributed by atoms with van der Waals surface area (Å²) in [5.41, 5.74) is 3.01. The van der Waals surface area contributed by atoms with Crippen LogP contribution in [0.2, 0.25) is 0 Å². The van der Waals surface area contributed by atoms with Gasteiger partial charge in [0, 0.05) is 49.8 Å². The van der Waals surface area contributed by atoms with Crippen LogP contribution in [0.1, 0.15) is 70.2 Å². The van der Waals surface area contributed by atoms with Gasteiger partial charge in [-0.3, -0.25) is 9.67 Å². The van der Waals surface area contributed by atoms with Crippen LogP contribution in [0.25, 0.3) is 0 Å². The van der Waals surface area contributed by atoms with Crippen molar-refractivity contribution in [2.24, 2.45) is 10.4 Å². The molecule has 0 bridgehead atoms. The number of hydrogen-bond acceptors (Lipinski definition) is 3. The minimum Gasteiger partial charge on any atom is -0.378 e. The van der Waals surface area contributed by atoms with E-state index < -0.39 is 0 Å². The van der Waals surface area contributed by atoms with Crippen LogP contribution >= 0.6 is 0 Å². The Morgan fingerprint density at radius 3 is 2.85 bits per heavy atom. The van der Waals surface area contributed by atoms with Crippen LogP contribution in [-0.4, -0.2) is 47.6 Å². The zero-order valence-electron chi connectivity index (χ0n) is 17.3. The maximum absolute atomic E-state index is 5.98. The second-order valence-electron chi connectivity index (χ2n) is 8.79. The molecule has 150 valence electrons. The molecule has 0 radical (unpaired) electrons. The third kappa shape index (κ3) is 3.37. The number of aryl methyl sites for hydroxylation is 1. The standard InChI is InChI=1S/C21H35N5O/c1-5-27-19-12-18(21(19)9-6-10-21)24-20(22-4)23-16-8-7-15-13-26(14(2)3)25-17(15)11-16/h13-14,16,18-19H,5-12H2,1-4H3,(H2,22,23,24). The van der Waals surface area contributed by atoms with E-state index in [9.17, 15) is 0 Å². The Bertz CT molecular complexity index is 691. The molecule has 3 unspecified atom stereocenters. The molecule has 3 aliphatic rings. The van der Waals surface area contributed by atoms with Crippen LogP contribution in [0, 0.1) is 5.41 Å². The van der Waals surface area contributed by atoms with E-state index in [2.05, 4.69) is 47.3 Å². The minimum atomic E-state index is 0.351. The van der Waals surface area contributed by atoms with Gasteiger partial charge in [-0.15, -0.1) is 0 Å². The normalized spacial score (nSPS) is 29.2. The highest BCUT2D eigenvalue weighted by Crippen LogP contribution is 2.57. The maximum Gasteiger partial charge on any atom is 0.191 e. The van der Waals surface area contributed by atoms with Crippen LogP contribution in [0.15, 0.2) is 11.2 Å². The first-order chi connectivity index (χ1) is 13.1. The summed E-state index contributed by atoms with van der Waals surface area (Å²) in [6, 6.07) is 1.32. The molecule has 6 nitrogen and oxygen atoms in total. The second-order valence-corrected chi connectivity index (χ2v) is 8.79. The third-order valence-electron chi connectivity index (χ3n) is 6.94. The van der Waals surface area contributed by atoms with Crippen molar-refractivity contribution >= 4 is 5.96 Å².